The van der Waals surface area contributed by atoms with Crippen molar-refractivity contribution in [1.82, 2.24) is 0 Å². The number of ether oxygens (including phenoxy) is 1. The molecule has 49 heavy (non-hydrogen) atoms. The van der Waals surface area contributed by atoms with Crippen molar-refractivity contribution in [3.63, 3.8) is 0 Å². The van der Waals surface area contributed by atoms with Gasteiger partial charge in [-0.15, -0.1) is 0 Å². The quantitative estimate of drug-likeness (QED) is 0.203. The highest BCUT2D eigenvalue weighted by Crippen LogP contribution is 2.51. The highest BCUT2D eigenvalue weighted by atomic mass is 19.1. The van der Waals surface area contributed by atoms with Crippen LogP contribution in [-0.2, 0) is 4.74 Å². The minimum Gasteiger partial charge on any atom is -0.365 e. The lowest BCUT2D eigenvalue weighted by molar-refractivity contribution is -0.0959. The Morgan fingerprint density at radius 2 is 0.816 bits per heavy atom. The van der Waals surface area contributed by atoms with Gasteiger partial charge in [0.2, 0.25) is 0 Å². The third kappa shape index (κ3) is 9.32. The van der Waals surface area contributed by atoms with Gasteiger partial charge < -0.3 is 4.74 Å². The lowest BCUT2D eigenvalue weighted by atomic mass is 9.67. The standard InChI is InChI=1S/C44H62F4O/c1-3-5-29-7-11-31(12-8-29)33-15-19-35(20-16-33)43(39-25-23-37(45)27-41(39)47)49-44(40-26-24-38(46)28-42(40)48)36-21-17-34(18-22-36)32-13-9-30(6-4-2)10-14-32/h23-36,43-44H,3-22H2,1-2H3/t29-,30-,31-,32-,33-,34-,35-,36-,43?,44?. The van der Waals surface area contributed by atoms with Crippen molar-refractivity contribution >= 4 is 0 Å². The monoisotopic (exact) mass is 682 g/mol. The highest BCUT2D eigenvalue weighted by Gasteiger charge is 2.40. The van der Waals surface area contributed by atoms with E-state index in [9.17, 15) is 8.78 Å². The van der Waals surface area contributed by atoms with E-state index in [4.69, 9.17) is 4.74 Å². The van der Waals surface area contributed by atoms with Crippen LogP contribution < -0.4 is 0 Å². The maximum Gasteiger partial charge on any atom is 0.131 e. The van der Waals surface area contributed by atoms with Crippen molar-refractivity contribution in [3.05, 3.63) is 70.8 Å². The summed E-state index contributed by atoms with van der Waals surface area (Å²) in [6.07, 6.45) is 22.8. The Morgan fingerprint density at radius 1 is 0.490 bits per heavy atom. The Hall–Kier alpha value is -1.88. The Bertz CT molecular complexity index is 1200. The van der Waals surface area contributed by atoms with Crippen LogP contribution in [0.2, 0.25) is 0 Å². The predicted octanol–water partition coefficient (Wildman–Crippen LogP) is 13.9. The summed E-state index contributed by atoms with van der Waals surface area (Å²) in [4.78, 5) is 0. The molecule has 0 spiro atoms. The average Bonchev–Trinajstić information content (AvgIpc) is 3.11. The average molecular weight is 683 g/mol. The van der Waals surface area contributed by atoms with Crippen LogP contribution in [0.4, 0.5) is 17.6 Å². The lowest BCUT2D eigenvalue weighted by Gasteiger charge is -2.43. The van der Waals surface area contributed by atoms with E-state index in [1.54, 1.807) is 12.1 Å². The number of hydrogen-bond acceptors (Lipinski definition) is 1. The minimum atomic E-state index is -0.608. The topological polar surface area (TPSA) is 9.23 Å². The first-order valence-electron chi connectivity index (χ1n) is 20.4. The molecule has 0 heterocycles. The molecule has 4 aliphatic carbocycles. The SMILES string of the molecule is CCC[C@H]1CC[C@H]([C@H]2CC[C@H](C(OC(c3ccc(F)cc3F)[C@H]3CC[C@H]([C@H]4CC[C@H](CCC)CC4)CC3)c3ccc(F)cc3F)CC2)CC1. The molecule has 0 N–H and O–H groups in total. The zero-order valence-corrected chi connectivity index (χ0v) is 30.3. The molecule has 0 saturated heterocycles. The van der Waals surface area contributed by atoms with Crippen LogP contribution in [0.1, 0.15) is 166 Å². The maximum absolute atomic E-state index is 15.6. The normalized spacial score (nSPS) is 32.4. The minimum absolute atomic E-state index is 0.0632. The molecule has 4 saturated carbocycles. The summed E-state index contributed by atoms with van der Waals surface area (Å²) < 4.78 is 66.7. The molecule has 0 bridgehead atoms. The second-order valence-corrected chi connectivity index (χ2v) is 16.8. The molecule has 2 atom stereocenters. The van der Waals surface area contributed by atoms with Gasteiger partial charge in [0.05, 0.1) is 12.2 Å². The van der Waals surface area contributed by atoms with E-state index in [0.717, 1.165) is 87.2 Å². The fourth-order valence-electron chi connectivity index (χ4n) is 11.1. The first-order valence-corrected chi connectivity index (χ1v) is 20.4. The van der Waals surface area contributed by atoms with E-state index in [1.807, 2.05) is 0 Å². The molecule has 2 aromatic carbocycles. The van der Waals surface area contributed by atoms with Crippen molar-refractivity contribution < 1.29 is 22.3 Å². The van der Waals surface area contributed by atoms with E-state index in [0.29, 0.717) is 23.0 Å². The Kier molecular flexibility index (Phi) is 13.2. The first-order chi connectivity index (χ1) is 23.8. The van der Waals surface area contributed by atoms with Crippen LogP contribution in [0.5, 0.6) is 0 Å². The van der Waals surface area contributed by atoms with Gasteiger partial charge in [-0.05, 0) is 137 Å². The van der Waals surface area contributed by atoms with Crippen molar-refractivity contribution in [1.29, 1.82) is 0 Å². The summed E-state index contributed by atoms with van der Waals surface area (Å²) in [6, 6.07) is 7.65. The van der Waals surface area contributed by atoms with Crippen LogP contribution in [0.3, 0.4) is 0 Å². The lowest BCUT2D eigenvalue weighted by Crippen LogP contribution is -2.32. The number of hydrogen-bond donors (Lipinski definition) is 0. The molecule has 4 aliphatic rings. The molecule has 272 valence electrons. The Balaban J connectivity index is 1.19. The third-order valence-electron chi connectivity index (χ3n) is 13.8. The molecule has 6 rings (SSSR count). The number of benzene rings is 2. The van der Waals surface area contributed by atoms with Gasteiger partial charge in [0.25, 0.3) is 0 Å². The second-order valence-electron chi connectivity index (χ2n) is 16.8. The largest absolute Gasteiger partial charge is 0.365 e. The van der Waals surface area contributed by atoms with Gasteiger partial charge in [-0.3, -0.25) is 0 Å². The van der Waals surface area contributed by atoms with E-state index in [2.05, 4.69) is 13.8 Å². The van der Waals surface area contributed by atoms with Crippen molar-refractivity contribution in [2.24, 2.45) is 47.3 Å². The van der Waals surface area contributed by atoms with Crippen LogP contribution >= 0.6 is 0 Å². The Labute approximate surface area is 294 Å². The van der Waals surface area contributed by atoms with E-state index >= 15 is 8.78 Å². The summed E-state index contributed by atoms with van der Waals surface area (Å²) in [5.41, 5.74) is 0.741. The second kappa shape index (κ2) is 17.6. The zero-order valence-electron chi connectivity index (χ0n) is 30.3. The summed E-state index contributed by atoms with van der Waals surface area (Å²) in [7, 11) is 0. The van der Waals surface area contributed by atoms with Crippen LogP contribution in [0.25, 0.3) is 0 Å². The predicted molar refractivity (Wildman–Crippen MR) is 191 cm³/mol. The zero-order chi connectivity index (χ0) is 34.3. The van der Waals surface area contributed by atoms with Crippen molar-refractivity contribution in [2.45, 2.75) is 154 Å². The van der Waals surface area contributed by atoms with Gasteiger partial charge in [-0.25, -0.2) is 17.6 Å². The van der Waals surface area contributed by atoms with Gasteiger partial charge in [-0.2, -0.15) is 0 Å². The molecule has 2 aromatic rings. The van der Waals surface area contributed by atoms with Gasteiger partial charge in [0.15, 0.2) is 0 Å². The molecule has 0 radical (unpaired) electrons. The van der Waals surface area contributed by atoms with Crippen molar-refractivity contribution in [2.75, 3.05) is 0 Å². The number of rotatable bonds is 12. The molecular weight excluding hydrogens is 620 g/mol. The van der Waals surface area contributed by atoms with Crippen molar-refractivity contribution in [3.8, 4) is 0 Å². The van der Waals surface area contributed by atoms with E-state index in [-0.39, 0.29) is 11.8 Å². The first kappa shape index (κ1) is 36.9. The summed E-state index contributed by atoms with van der Waals surface area (Å²) >= 11 is 0. The molecule has 0 amide bonds. The number of halogens is 4. The summed E-state index contributed by atoms with van der Waals surface area (Å²) in [5.74, 6) is 2.42. The smallest absolute Gasteiger partial charge is 0.131 e. The van der Waals surface area contributed by atoms with Crippen LogP contribution in [0, 0.1) is 70.6 Å². The molecule has 4 fully saturated rings. The fraction of sp³-hybridized carbons (Fsp3) is 0.727. The Morgan fingerprint density at radius 3 is 1.12 bits per heavy atom. The summed E-state index contributed by atoms with van der Waals surface area (Å²) in [6.45, 7) is 4.57. The molecule has 1 nitrogen and oxygen atoms in total. The fourth-order valence-corrected chi connectivity index (χ4v) is 11.1. The van der Waals surface area contributed by atoms with Gasteiger partial charge in [0, 0.05) is 23.3 Å². The van der Waals surface area contributed by atoms with E-state index in [1.165, 1.54) is 89.2 Å². The van der Waals surface area contributed by atoms with Gasteiger partial charge in [-0.1, -0.05) is 77.3 Å². The highest BCUT2D eigenvalue weighted by molar-refractivity contribution is 5.25. The van der Waals surface area contributed by atoms with Gasteiger partial charge in [0.1, 0.15) is 23.3 Å². The van der Waals surface area contributed by atoms with Gasteiger partial charge >= 0.3 is 0 Å². The molecular formula is C44H62F4O. The molecule has 0 aliphatic heterocycles. The van der Waals surface area contributed by atoms with Crippen LogP contribution in [0.15, 0.2) is 36.4 Å². The molecule has 2 unspecified atom stereocenters. The van der Waals surface area contributed by atoms with E-state index < -0.39 is 35.5 Å². The maximum atomic E-state index is 15.6. The van der Waals surface area contributed by atoms with Crippen LogP contribution in [-0.4, -0.2) is 0 Å². The third-order valence-corrected chi connectivity index (χ3v) is 13.8. The summed E-state index contributed by atoms with van der Waals surface area (Å²) in [5, 5.41) is 0. The molecule has 0 aromatic heterocycles. The molecule has 5 heteroatoms.